The van der Waals surface area contributed by atoms with Gasteiger partial charge in [0.2, 0.25) is 5.88 Å². The Kier molecular flexibility index (Phi) is 8.21. The molecule has 0 spiro atoms. The van der Waals surface area contributed by atoms with Crippen LogP contribution in [0.5, 0.6) is 5.88 Å². The smallest absolute Gasteiger partial charge is 0.213 e. The molecule has 2 rings (SSSR count). The fourth-order valence-corrected chi connectivity index (χ4v) is 2.97. The molecule has 0 aliphatic carbocycles. The number of aliphatic imine (C=N–C) groups is 1. The summed E-state index contributed by atoms with van der Waals surface area (Å²) in [7, 11) is 1.60. The van der Waals surface area contributed by atoms with E-state index in [1.807, 2.05) is 31.4 Å². The first-order valence-electron chi connectivity index (χ1n) is 8.44. The Labute approximate surface area is 158 Å². The Hall–Kier alpha value is -2.28. The largest absolute Gasteiger partial charge is 0.481 e. The quantitative estimate of drug-likeness (QED) is 0.547. The van der Waals surface area contributed by atoms with Gasteiger partial charge in [-0.15, -0.1) is 0 Å². The van der Waals surface area contributed by atoms with Gasteiger partial charge in [-0.3, -0.25) is 0 Å². The maximum atomic E-state index is 13.5. The lowest BCUT2D eigenvalue weighted by Gasteiger charge is -2.12. The van der Waals surface area contributed by atoms with E-state index < -0.39 is 0 Å². The minimum Gasteiger partial charge on any atom is -0.481 e. The second-order valence-corrected chi connectivity index (χ2v) is 6.43. The van der Waals surface area contributed by atoms with E-state index in [0.29, 0.717) is 24.9 Å². The van der Waals surface area contributed by atoms with Crippen LogP contribution in [-0.2, 0) is 18.8 Å². The van der Waals surface area contributed by atoms with Gasteiger partial charge in [-0.1, -0.05) is 12.1 Å². The topological polar surface area (TPSA) is 58.5 Å². The fraction of sp³-hybridized carbons (Fsp3) is 0.368. The van der Waals surface area contributed by atoms with Gasteiger partial charge >= 0.3 is 0 Å². The van der Waals surface area contributed by atoms with E-state index in [0.717, 1.165) is 29.1 Å². The van der Waals surface area contributed by atoms with Crippen LogP contribution in [0, 0.1) is 5.82 Å². The predicted octanol–water partition coefficient (Wildman–Crippen LogP) is 3.35. The van der Waals surface area contributed by atoms with Crippen molar-refractivity contribution in [1.29, 1.82) is 0 Å². The van der Waals surface area contributed by atoms with Crippen molar-refractivity contribution >= 4 is 17.7 Å². The first-order chi connectivity index (χ1) is 12.7. The van der Waals surface area contributed by atoms with Crippen LogP contribution in [0.4, 0.5) is 4.39 Å². The Morgan fingerprint density at radius 1 is 1.23 bits per heavy atom. The van der Waals surface area contributed by atoms with Crippen molar-refractivity contribution < 1.29 is 9.13 Å². The minimum absolute atomic E-state index is 0.212. The molecule has 140 valence electrons. The molecule has 1 aromatic carbocycles. The summed E-state index contributed by atoms with van der Waals surface area (Å²) in [4.78, 5) is 9.00. The molecule has 0 unspecified atom stereocenters. The monoisotopic (exact) mass is 376 g/mol. The van der Waals surface area contributed by atoms with Crippen LogP contribution >= 0.6 is 11.8 Å². The number of nitrogens with zero attached hydrogens (tertiary/aromatic N) is 2. The molecule has 0 atom stereocenters. The van der Waals surface area contributed by atoms with Crippen LogP contribution in [0.3, 0.4) is 0 Å². The minimum atomic E-state index is -0.212. The molecule has 0 fully saturated rings. The third-order valence-electron chi connectivity index (χ3n) is 3.65. The van der Waals surface area contributed by atoms with Crippen molar-refractivity contribution in [2.24, 2.45) is 4.99 Å². The summed E-state index contributed by atoms with van der Waals surface area (Å²) in [5.74, 6) is 1.83. The summed E-state index contributed by atoms with van der Waals surface area (Å²) in [6.45, 7) is 3.78. The van der Waals surface area contributed by atoms with Gasteiger partial charge in [0.1, 0.15) is 5.82 Å². The maximum Gasteiger partial charge on any atom is 0.213 e. The van der Waals surface area contributed by atoms with Crippen LogP contribution in [-0.4, -0.2) is 30.9 Å². The van der Waals surface area contributed by atoms with Crippen molar-refractivity contribution in [3.05, 3.63) is 59.0 Å². The lowest BCUT2D eigenvalue weighted by Crippen LogP contribution is -2.37. The molecular formula is C19H25FN4OS. The lowest BCUT2D eigenvalue weighted by atomic mass is 10.1. The molecule has 0 saturated heterocycles. The molecule has 7 heteroatoms. The number of hydrogen-bond acceptors (Lipinski definition) is 4. The lowest BCUT2D eigenvalue weighted by molar-refractivity contribution is 0.396. The summed E-state index contributed by atoms with van der Waals surface area (Å²) in [6, 6.07) is 10.5. The maximum absolute atomic E-state index is 13.5. The van der Waals surface area contributed by atoms with Gasteiger partial charge in [-0.2, -0.15) is 11.8 Å². The Balaban J connectivity index is 2.06. The van der Waals surface area contributed by atoms with E-state index in [1.54, 1.807) is 31.0 Å². The highest BCUT2D eigenvalue weighted by molar-refractivity contribution is 7.97. The van der Waals surface area contributed by atoms with Crippen LogP contribution < -0.4 is 15.4 Å². The van der Waals surface area contributed by atoms with Crippen molar-refractivity contribution in [3.63, 3.8) is 0 Å². The molecule has 0 amide bonds. The SMILES string of the molecule is CCNC(=NCc1ccc(F)cc1CSC)NCc1cccc(OC)n1. The van der Waals surface area contributed by atoms with Crippen LogP contribution in [0.25, 0.3) is 0 Å². The van der Waals surface area contributed by atoms with Crippen LogP contribution in [0.1, 0.15) is 23.7 Å². The Morgan fingerprint density at radius 3 is 2.81 bits per heavy atom. The predicted molar refractivity (Wildman–Crippen MR) is 106 cm³/mol. The van der Waals surface area contributed by atoms with Crippen molar-refractivity contribution in [1.82, 2.24) is 15.6 Å². The highest BCUT2D eigenvalue weighted by Crippen LogP contribution is 2.17. The van der Waals surface area contributed by atoms with E-state index in [4.69, 9.17) is 4.74 Å². The fourth-order valence-electron chi connectivity index (χ4n) is 2.39. The van der Waals surface area contributed by atoms with Gasteiger partial charge in [-0.05, 0) is 42.5 Å². The van der Waals surface area contributed by atoms with Crippen LogP contribution in [0.2, 0.25) is 0 Å². The molecule has 2 aromatic rings. The number of rotatable bonds is 8. The molecule has 5 nitrogen and oxygen atoms in total. The Morgan fingerprint density at radius 2 is 2.08 bits per heavy atom. The second kappa shape index (κ2) is 10.7. The van der Waals surface area contributed by atoms with E-state index in [2.05, 4.69) is 20.6 Å². The molecule has 26 heavy (non-hydrogen) atoms. The first-order valence-corrected chi connectivity index (χ1v) is 9.84. The van der Waals surface area contributed by atoms with Gasteiger partial charge in [0, 0.05) is 18.4 Å². The highest BCUT2D eigenvalue weighted by atomic mass is 32.2. The molecule has 1 aromatic heterocycles. The molecule has 0 bridgehead atoms. The number of thioether (sulfide) groups is 1. The molecule has 0 radical (unpaired) electrons. The number of guanidine groups is 1. The van der Waals surface area contributed by atoms with E-state index >= 15 is 0 Å². The van der Waals surface area contributed by atoms with E-state index in [9.17, 15) is 4.39 Å². The van der Waals surface area contributed by atoms with Crippen LogP contribution in [0.15, 0.2) is 41.4 Å². The summed E-state index contributed by atoms with van der Waals surface area (Å²) >= 11 is 1.67. The van der Waals surface area contributed by atoms with Gasteiger partial charge < -0.3 is 15.4 Å². The van der Waals surface area contributed by atoms with Crippen molar-refractivity contribution in [3.8, 4) is 5.88 Å². The zero-order chi connectivity index (χ0) is 18.8. The molecule has 0 saturated carbocycles. The summed E-state index contributed by atoms with van der Waals surface area (Å²) in [5.41, 5.74) is 2.86. The average molecular weight is 377 g/mol. The van der Waals surface area contributed by atoms with Crippen molar-refractivity contribution in [2.75, 3.05) is 19.9 Å². The number of halogens is 1. The summed E-state index contributed by atoms with van der Waals surface area (Å²) in [6.07, 6.45) is 2.00. The average Bonchev–Trinajstić information content (AvgIpc) is 2.65. The molecule has 0 aliphatic heterocycles. The number of pyridine rings is 1. The van der Waals surface area contributed by atoms with Crippen molar-refractivity contribution in [2.45, 2.75) is 25.8 Å². The summed E-state index contributed by atoms with van der Waals surface area (Å²) < 4.78 is 18.6. The molecule has 1 heterocycles. The summed E-state index contributed by atoms with van der Waals surface area (Å²) in [5, 5.41) is 6.48. The first kappa shape index (κ1) is 20.0. The van der Waals surface area contributed by atoms with Gasteiger partial charge in [0.25, 0.3) is 0 Å². The number of benzene rings is 1. The number of methoxy groups -OCH3 is 1. The molecular weight excluding hydrogens is 351 g/mol. The zero-order valence-electron chi connectivity index (χ0n) is 15.4. The second-order valence-electron chi connectivity index (χ2n) is 5.57. The number of ether oxygens (including phenoxy) is 1. The highest BCUT2D eigenvalue weighted by Gasteiger charge is 2.05. The van der Waals surface area contributed by atoms with Gasteiger partial charge in [0.15, 0.2) is 5.96 Å². The standard InChI is InChI=1S/C19H25FN4OS/c1-4-21-19(23-12-17-6-5-7-18(24-17)25-2)22-11-14-8-9-16(20)10-15(14)13-26-3/h5-10H,4,11-13H2,1-3H3,(H2,21,22,23). The number of aromatic nitrogens is 1. The third-order valence-corrected chi connectivity index (χ3v) is 4.25. The normalized spacial score (nSPS) is 11.3. The zero-order valence-corrected chi connectivity index (χ0v) is 16.2. The van der Waals surface area contributed by atoms with E-state index in [1.165, 1.54) is 6.07 Å². The van der Waals surface area contributed by atoms with Gasteiger partial charge in [0.05, 0.1) is 25.9 Å². The molecule has 2 N–H and O–H groups in total. The third kappa shape index (κ3) is 6.22. The van der Waals surface area contributed by atoms with Gasteiger partial charge in [-0.25, -0.2) is 14.4 Å². The molecule has 0 aliphatic rings. The van der Waals surface area contributed by atoms with E-state index in [-0.39, 0.29) is 5.82 Å². The number of nitrogens with one attached hydrogen (secondary N) is 2. The Bertz CT molecular complexity index is 739. The number of hydrogen-bond donors (Lipinski definition) is 2.